The third kappa shape index (κ3) is 23.0. The van der Waals surface area contributed by atoms with Crippen LogP contribution in [0, 0.1) is 0 Å². The Morgan fingerprint density at radius 3 is 1.64 bits per heavy atom. The van der Waals surface area contributed by atoms with Gasteiger partial charge in [-0.3, -0.25) is 4.79 Å². The van der Waals surface area contributed by atoms with Gasteiger partial charge in [0.25, 0.3) is 0 Å². The van der Waals surface area contributed by atoms with E-state index < -0.39 is 0 Å². The van der Waals surface area contributed by atoms with Crippen molar-refractivity contribution >= 4 is 29.5 Å². The Balaban J connectivity index is 1.42. The standard InChI is InChI=1S/C40H64O2S2/c1-2-3-4-5-6-7-8-9-10-11-12-13-14-15-16-25-33-42-40(41)31-24-23-30-39(44-36-38-28-21-18-22-29-38)32-34-43-35-37-26-19-17-20-27-37/h17-22,26-29,39H,2-16,23-25,30-36H2,1H3. The van der Waals surface area contributed by atoms with E-state index in [0.717, 1.165) is 30.8 Å². The van der Waals surface area contributed by atoms with E-state index in [0.29, 0.717) is 18.3 Å². The Bertz CT molecular complexity index is 889. The highest BCUT2D eigenvalue weighted by Gasteiger charge is 2.11. The number of esters is 1. The minimum atomic E-state index is -0.00198. The first-order valence-electron chi connectivity index (χ1n) is 18.2. The number of thioether (sulfide) groups is 2. The maximum atomic E-state index is 12.3. The van der Waals surface area contributed by atoms with Gasteiger partial charge in [-0.2, -0.15) is 23.5 Å². The molecule has 0 aliphatic heterocycles. The summed E-state index contributed by atoms with van der Waals surface area (Å²) < 4.78 is 5.55. The summed E-state index contributed by atoms with van der Waals surface area (Å²) in [5.74, 6) is 3.33. The van der Waals surface area contributed by atoms with Gasteiger partial charge < -0.3 is 4.74 Å². The van der Waals surface area contributed by atoms with Crippen LogP contribution < -0.4 is 0 Å². The van der Waals surface area contributed by atoms with Gasteiger partial charge in [-0.15, -0.1) is 0 Å². The highest BCUT2D eigenvalue weighted by molar-refractivity contribution is 7.99. The summed E-state index contributed by atoms with van der Waals surface area (Å²) in [5, 5.41) is 0.639. The lowest BCUT2D eigenvalue weighted by atomic mass is 10.0. The molecule has 248 valence electrons. The largest absolute Gasteiger partial charge is 0.466 e. The van der Waals surface area contributed by atoms with Gasteiger partial charge in [0.05, 0.1) is 6.61 Å². The second-order valence-corrected chi connectivity index (χ2v) is 14.9. The van der Waals surface area contributed by atoms with Crippen LogP contribution in [0.25, 0.3) is 0 Å². The fourth-order valence-corrected chi connectivity index (χ4v) is 8.04. The minimum absolute atomic E-state index is 0.00198. The van der Waals surface area contributed by atoms with Crippen LogP contribution in [0.1, 0.15) is 153 Å². The predicted octanol–water partition coefficient (Wildman–Crippen LogP) is 13.0. The van der Waals surface area contributed by atoms with Gasteiger partial charge in [-0.05, 0) is 42.6 Å². The maximum absolute atomic E-state index is 12.3. The molecular formula is C40H64O2S2. The van der Waals surface area contributed by atoms with E-state index in [1.54, 1.807) is 0 Å². The molecule has 0 radical (unpaired) electrons. The van der Waals surface area contributed by atoms with Gasteiger partial charge in [0.1, 0.15) is 0 Å². The molecule has 0 spiro atoms. The van der Waals surface area contributed by atoms with Gasteiger partial charge in [0.2, 0.25) is 0 Å². The lowest BCUT2D eigenvalue weighted by molar-refractivity contribution is -0.143. The van der Waals surface area contributed by atoms with Crippen LogP contribution in [-0.2, 0) is 21.0 Å². The van der Waals surface area contributed by atoms with Crippen molar-refractivity contribution in [3.05, 3.63) is 71.8 Å². The van der Waals surface area contributed by atoms with Gasteiger partial charge in [-0.25, -0.2) is 0 Å². The average molecular weight is 641 g/mol. The highest BCUT2D eigenvalue weighted by atomic mass is 32.2. The van der Waals surface area contributed by atoms with Crippen molar-refractivity contribution in [3.63, 3.8) is 0 Å². The molecule has 0 saturated heterocycles. The van der Waals surface area contributed by atoms with Crippen LogP contribution in [0.4, 0.5) is 0 Å². The normalized spacial score (nSPS) is 11.9. The molecule has 0 saturated carbocycles. The Hall–Kier alpha value is -1.39. The van der Waals surface area contributed by atoms with Crippen LogP contribution in [0.5, 0.6) is 0 Å². The summed E-state index contributed by atoms with van der Waals surface area (Å²) in [6, 6.07) is 21.6. The summed E-state index contributed by atoms with van der Waals surface area (Å²) in [4.78, 5) is 12.3. The lowest BCUT2D eigenvalue weighted by Gasteiger charge is -2.17. The molecule has 0 bridgehead atoms. The topological polar surface area (TPSA) is 26.3 Å². The highest BCUT2D eigenvalue weighted by Crippen LogP contribution is 2.27. The average Bonchev–Trinajstić information content (AvgIpc) is 3.05. The number of rotatable bonds is 30. The fraction of sp³-hybridized carbons (Fsp3) is 0.675. The van der Waals surface area contributed by atoms with Crippen molar-refractivity contribution in [2.75, 3.05) is 12.4 Å². The molecule has 2 aromatic carbocycles. The summed E-state index contributed by atoms with van der Waals surface area (Å²) in [6.45, 7) is 2.89. The van der Waals surface area contributed by atoms with Crippen LogP contribution in [0.2, 0.25) is 0 Å². The van der Waals surface area contributed by atoms with Gasteiger partial charge >= 0.3 is 5.97 Å². The molecule has 0 aliphatic rings. The van der Waals surface area contributed by atoms with Gasteiger partial charge in [0, 0.05) is 23.2 Å². The molecule has 4 heteroatoms. The minimum Gasteiger partial charge on any atom is -0.466 e. The first kappa shape index (κ1) is 38.8. The predicted molar refractivity (Wildman–Crippen MR) is 198 cm³/mol. The Kier molecular flexibility index (Phi) is 25.6. The second kappa shape index (κ2) is 29.0. The summed E-state index contributed by atoms with van der Waals surface area (Å²) in [6.07, 6.45) is 26.8. The number of carbonyl (C=O) groups is 1. The van der Waals surface area contributed by atoms with Crippen molar-refractivity contribution in [2.24, 2.45) is 0 Å². The van der Waals surface area contributed by atoms with E-state index in [9.17, 15) is 4.79 Å². The summed E-state index contributed by atoms with van der Waals surface area (Å²) >= 11 is 4.12. The molecule has 2 aromatic rings. The SMILES string of the molecule is CCCCCCCCCCCCCCCCCCOC(=O)CCCCC(CCSCc1ccccc1)SCc1ccccc1. The van der Waals surface area contributed by atoms with Crippen LogP contribution in [-0.4, -0.2) is 23.6 Å². The molecule has 2 nitrogen and oxygen atoms in total. The Labute approximate surface area is 280 Å². The number of hydrogen-bond donors (Lipinski definition) is 0. The van der Waals surface area contributed by atoms with E-state index >= 15 is 0 Å². The molecule has 0 fully saturated rings. The zero-order valence-corrected chi connectivity index (χ0v) is 29.8. The van der Waals surface area contributed by atoms with Crippen molar-refractivity contribution in [3.8, 4) is 0 Å². The lowest BCUT2D eigenvalue weighted by Crippen LogP contribution is -2.08. The third-order valence-electron chi connectivity index (χ3n) is 8.44. The van der Waals surface area contributed by atoms with Crippen molar-refractivity contribution < 1.29 is 9.53 Å². The molecule has 1 unspecified atom stereocenters. The molecular weight excluding hydrogens is 577 g/mol. The molecule has 0 amide bonds. The molecule has 0 aliphatic carbocycles. The van der Waals surface area contributed by atoms with Crippen molar-refractivity contribution in [2.45, 2.75) is 159 Å². The van der Waals surface area contributed by atoms with Gasteiger partial charge in [0.15, 0.2) is 0 Å². The number of carbonyl (C=O) groups excluding carboxylic acids is 1. The zero-order chi connectivity index (χ0) is 31.2. The monoisotopic (exact) mass is 640 g/mol. The van der Waals surface area contributed by atoms with Crippen LogP contribution in [0.15, 0.2) is 60.7 Å². The molecule has 0 heterocycles. The zero-order valence-electron chi connectivity index (χ0n) is 28.2. The maximum Gasteiger partial charge on any atom is 0.305 e. The first-order chi connectivity index (χ1) is 21.8. The molecule has 1 atom stereocenters. The number of ether oxygens (including phenoxy) is 1. The number of hydrogen-bond acceptors (Lipinski definition) is 4. The quantitative estimate of drug-likeness (QED) is 0.0627. The van der Waals surface area contributed by atoms with E-state index in [1.807, 2.05) is 11.8 Å². The third-order valence-corrected chi connectivity index (χ3v) is 10.9. The second-order valence-electron chi connectivity index (χ2n) is 12.5. The molecule has 0 aromatic heterocycles. The first-order valence-corrected chi connectivity index (χ1v) is 20.4. The summed E-state index contributed by atoms with van der Waals surface area (Å²) in [7, 11) is 0. The van der Waals surface area contributed by atoms with Gasteiger partial charge in [-0.1, -0.05) is 170 Å². The van der Waals surface area contributed by atoms with Crippen molar-refractivity contribution in [1.29, 1.82) is 0 Å². The molecule has 44 heavy (non-hydrogen) atoms. The van der Waals surface area contributed by atoms with Crippen LogP contribution >= 0.6 is 23.5 Å². The number of benzene rings is 2. The van der Waals surface area contributed by atoms with Crippen LogP contribution in [0.3, 0.4) is 0 Å². The summed E-state index contributed by atoms with van der Waals surface area (Å²) in [5.41, 5.74) is 2.81. The van der Waals surface area contributed by atoms with E-state index in [1.165, 1.54) is 126 Å². The van der Waals surface area contributed by atoms with E-state index in [-0.39, 0.29) is 5.97 Å². The van der Waals surface area contributed by atoms with E-state index in [2.05, 4.69) is 79.3 Å². The molecule has 0 N–H and O–H groups in total. The Morgan fingerprint density at radius 2 is 1.09 bits per heavy atom. The fourth-order valence-electron chi connectivity index (χ4n) is 5.63. The van der Waals surface area contributed by atoms with E-state index in [4.69, 9.17) is 4.74 Å². The van der Waals surface area contributed by atoms with Crippen molar-refractivity contribution in [1.82, 2.24) is 0 Å². The number of unbranched alkanes of at least 4 members (excludes halogenated alkanes) is 16. The molecule has 2 rings (SSSR count). The smallest absolute Gasteiger partial charge is 0.305 e. The Morgan fingerprint density at radius 1 is 0.591 bits per heavy atom.